The summed E-state index contributed by atoms with van der Waals surface area (Å²) in [5.74, 6) is 1.46. The molecule has 1 amide bonds. The van der Waals surface area contributed by atoms with E-state index >= 15 is 0 Å². The lowest BCUT2D eigenvalue weighted by Crippen LogP contribution is -2.31. The molecule has 2 aliphatic heterocycles. The SMILES string of the molecule is CCc1cc(N2CCOc3cc(C(=O)N4CCCC4)cnc32)ncc1C(=O)C=N. The smallest absolute Gasteiger partial charge is 0.255 e. The summed E-state index contributed by atoms with van der Waals surface area (Å²) < 4.78 is 5.78. The predicted octanol–water partition coefficient (Wildman–Crippen LogP) is 2.64. The number of aromatic nitrogens is 2. The first-order valence-electron chi connectivity index (χ1n) is 9.85. The topological polar surface area (TPSA) is 99.5 Å². The van der Waals surface area contributed by atoms with Gasteiger partial charge in [-0.1, -0.05) is 6.92 Å². The first kappa shape index (κ1) is 19.0. The summed E-state index contributed by atoms with van der Waals surface area (Å²) in [7, 11) is 0. The Balaban J connectivity index is 1.65. The Morgan fingerprint density at radius 2 is 1.97 bits per heavy atom. The molecule has 150 valence electrons. The van der Waals surface area contributed by atoms with E-state index in [1.807, 2.05) is 22.8 Å². The molecule has 0 unspecified atom stereocenters. The van der Waals surface area contributed by atoms with E-state index in [0.29, 0.717) is 48.1 Å². The van der Waals surface area contributed by atoms with Crippen LogP contribution >= 0.6 is 0 Å². The predicted molar refractivity (Wildman–Crippen MR) is 109 cm³/mol. The number of aryl methyl sites for hydroxylation is 1. The number of anilines is 2. The Kier molecular flexibility index (Phi) is 5.24. The van der Waals surface area contributed by atoms with Crippen LogP contribution in [0.25, 0.3) is 0 Å². The van der Waals surface area contributed by atoms with Gasteiger partial charge in [0.05, 0.1) is 18.3 Å². The fourth-order valence-corrected chi connectivity index (χ4v) is 3.77. The molecule has 0 spiro atoms. The van der Waals surface area contributed by atoms with Gasteiger partial charge in [-0.25, -0.2) is 9.97 Å². The summed E-state index contributed by atoms with van der Waals surface area (Å²) in [6.45, 7) is 4.54. The minimum absolute atomic E-state index is 0.0144. The number of carbonyl (C=O) groups is 2. The van der Waals surface area contributed by atoms with Gasteiger partial charge >= 0.3 is 0 Å². The molecule has 8 heteroatoms. The number of hydrogen-bond acceptors (Lipinski definition) is 7. The molecule has 0 saturated carbocycles. The van der Waals surface area contributed by atoms with Crippen LogP contribution in [0.1, 0.15) is 46.0 Å². The molecule has 4 heterocycles. The maximum Gasteiger partial charge on any atom is 0.255 e. The molecule has 1 fully saturated rings. The van der Waals surface area contributed by atoms with Gasteiger partial charge in [0, 0.05) is 31.0 Å². The van der Waals surface area contributed by atoms with Gasteiger partial charge in [-0.2, -0.15) is 0 Å². The summed E-state index contributed by atoms with van der Waals surface area (Å²) in [5, 5.41) is 7.21. The van der Waals surface area contributed by atoms with Crippen LogP contribution in [0.4, 0.5) is 11.6 Å². The highest BCUT2D eigenvalue weighted by Gasteiger charge is 2.26. The average Bonchev–Trinajstić information content (AvgIpc) is 3.31. The van der Waals surface area contributed by atoms with Crippen LogP contribution in [0.5, 0.6) is 5.75 Å². The molecule has 8 nitrogen and oxygen atoms in total. The highest BCUT2D eigenvalue weighted by atomic mass is 16.5. The van der Waals surface area contributed by atoms with Crippen molar-refractivity contribution < 1.29 is 14.3 Å². The van der Waals surface area contributed by atoms with Gasteiger partial charge in [-0.3, -0.25) is 9.59 Å². The molecule has 0 atom stereocenters. The number of likely N-dealkylation sites (tertiary alicyclic amines) is 1. The van der Waals surface area contributed by atoms with Gasteiger partial charge < -0.3 is 19.9 Å². The highest BCUT2D eigenvalue weighted by Crippen LogP contribution is 2.35. The summed E-state index contributed by atoms with van der Waals surface area (Å²) >= 11 is 0. The number of ether oxygens (including phenoxy) is 1. The van der Waals surface area contributed by atoms with E-state index in [1.54, 1.807) is 12.3 Å². The number of Topliss-reactive ketones (excluding diaryl/α,β-unsaturated/α-hetero) is 1. The van der Waals surface area contributed by atoms with Crippen molar-refractivity contribution in [2.75, 3.05) is 31.1 Å². The summed E-state index contributed by atoms with van der Waals surface area (Å²) in [6.07, 6.45) is 6.64. The van der Waals surface area contributed by atoms with E-state index in [9.17, 15) is 9.59 Å². The molecule has 0 aromatic carbocycles. The quantitative estimate of drug-likeness (QED) is 0.619. The normalized spacial score (nSPS) is 15.6. The monoisotopic (exact) mass is 393 g/mol. The van der Waals surface area contributed by atoms with Gasteiger partial charge in [0.1, 0.15) is 12.4 Å². The molecule has 1 N–H and O–H groups in total. The van der Waals surface area contributed by atoms with Crippen molar-refractivity contribution in [3.63, 3.8) is 0 Å². The molecule has 2 aromatic heterocycles. The second-order valence-electron chi connectivity index (χ2n) is 7.11. The fraction of sp³-hybridized carbons (Fsp3) is 0.381. The minimum Gasteiger partial charge on any atom is -0.488 e. The van der Waals surface area contributed by atoms with Crippen molar-refractivity contribution in [2.45, 2.75) is 26.2 Å². The van der Waals surface area contributed by atoms with E-state index in [-0.39, 0.29) is 11.7 Å². The number of nitrogens with one attached hydrogen (secondary N) is 1. The van der Waals surface area contributed by atoms with Crippen molar-refractivity contribution in [3.8, 4) is 5.75 Å². The Hall–Kier alpha value is -3.29. The van der Waals surface area contributed by atoms with Crippen LogP contribution in [0.15, 0.2) is 24.5 Å². The number of ketones is 1. The lowest BCUT2D eigenvalue weighted by Gasteiger charge is -2.30. The van der Waals surface area contributed by atoms with Gasteiger partial charge in [-0.05, 0) is 37.0 Å². The third-order valence-electron chi connectivity index (χ3n) is 5.33. The molecule has 1 saturated heterocycles. The molecule has 0 aliphatic carbocycles. The number of carbonyl (C=O) groups excluding carboxylic acids is 2. The fourth-order valence-electron chi connectivity index (χ4n) is 3.77. The number of amides is 1. The van der Waals surface area contributed by atoms with Crippen LogP contribution < -0.4 is 9.64 Å². The number of rotatable bonds is 5. The summed E-state index contributed by atoms with van der Waals surface area (Å²) in [4.78, 5) is 37.3. The van der Waals surface area contributed by atoms with Crippen LogP contribution in [-0.2, 0) is 6.42 Å². The van der Waals surface area contributed by atoms with Crippen LogP contribution in [0, 0.1) is 5.41 Å². The zero-order valence-corrected chi connectivity index (χ0v) is 16.4. The summed E-state index contributed by atoms with van der Waals surface area (Å²) in [6, 6.07) is 3.61. The Bertz CT molecular complexity index is 969. The van der Waals surface area contributed by atoms with Crippen molar-refractivity contribution >= 4 is 29.5 Å². The second-order valence-corrected chi connectivity index (χ2v) is 7.11. The third kappa shape index (κ3) is 3.57. The maximum absolute atomic E-state index is 12.7. The number of hydrogen-bond donors (Lipinski definition) is 1. The average molecular weight is 393 g/mol. The molecule has 2 aromatic rings. The molecule has 2 aliphatic rings. The highest BCUT2D eigenvalue weighted by molar-refractivity contribution is 6.34. The third-order valence-corrected chi connectivity index (χ3v) is 5.33. The Morgan fingerprint density at radius 1 is 1.17 bits per heavy atom. The van der Waals surface area contributed by atoms with E-state index < -0.39 is 0 Å². The zero-order valence-electron chi connectivity index (χ0n) is 16.4. The Labute approximate surface area is 169 Å². The maximum atomic E-state index is 12.7. The molecule has 4 rings (SSSR count). The van der Waals surface area contributed by atoms with Crippen molar-refractivity contribution in [1.82, 2.24) is 14.9 Å². The molecular formula is C21H23N5O3. The van der Waals surface area contributed by atoms with Crippen molar-refractivity contribution in [2.24, 2.45) is 0 Å². The van der Waals surface area contributed by atoms with Crippen LogP contribution in [-0.4, -0.2) is 59.0 Å². The van der Waals surface area contributed by atoms with Gasteiger partial charge in [0.2, 0.25) is 5.78 Å². The Morgan fingerprint density at radius 3 is 2.69 bits per heavy atom. The van der Waals surface area contributed by atoms with Crippen molar-refractivity contribution in [1.29, 1.82) is 5.41 Å². The minimum atomic E-state index is -0.355. The number of fused-ring (bicyclic) bond motifs is 1. The lowest BCUT2D eigenvalue weighted by atomic mass is 10.0. The summed E-state index contributed by atoms with van der Waals surface area (Å²) in [5.41, 5.74) is 1.80. The first-order valence-corrected chi connectivity index (χ1v) is 9.85. The first-order chi connectivity index (χ1) is 14.1. The van der Waals surface area contributed by atoms with Crippen LogP contribution in [0.2, 0.25) is 0 Å². The van der Waals surface area contributed by atoms with Gasteiger partial charge in [-0.15, -0.1) is 0 Å². The molecule has 0 bridgehead atoms. The van der Waals surface area contributed by atoms with E-state index in [0.717, 1.165) is 37.7 Å². The molecule has 0 radical (unpaired) electrons. The van der Waals surface area contributed by atoms with Crippen molar-refractivity contribution in [3.05, 3.63) is 41.2 Å². The number of pyridine rings is 2. The second kappa shape index (κ2) is 7.98. The van der Waals surface area contributed by atoms with Gasteiger partial charge in [0.25, 0.3) is 5.91 Å². The van der Waals surface area contributed by atoms with Gasteiger partial charge in [0.15, 0.2) is 11.6 Å². The zero-order chi connectivity index (χ0) is 20.4. The standard InChI is InChI=1S/C21H23N5O3/c1-2-14-10-19(23-13-16(14)17(27)11-22)26-7-8-29-18-9-15(12-24-20(18)26)21(28)25-5-3-4-6-25/h9-13,22H,2-8H2,1H3. The van der Waals surface area contributed by atoms with E-state index in [1.165, 1.54) is 6.20 Å². The molecular weight excluding hydrogens is 370 g/mol. The largest absolute Gasteiger partial charge is 0.488 e. The number of nitrogens with zero attached hydrogens (tertiary/aromatic N) is 4. The van der Waals surface area contributed by atoms with E-state index in [2.05, 4.69) is 9.97 Å². The molecule has 29 heavy (non-hydrogen) atoms. The van der Waals surface area contributed by atoms with Crippen LogP contribution in [0.3, 0.4) is 0 Å². The van der Waals surface area contributed by atoms with E-state index in [4.69, 9.17) is 10.1 Å². The lowest BCUT2D eigenvalue weighted by molar-refractivity contribution is 0.0791.